The average Bonchev–Trinajstić information content (AvgIpc) is 2.99. The van der Waals surface area contributed by atoms with E-state index in [0.29, 0.717) is 17.1 Å². The molecule has 3 amide bonds. The van der Waals surface area contributed by atoms with Crippen LogP contribution in [0.3, 0.4) is 0 Å². The molecular formula is C15H15ClN4O3. The zero-order valence-electron chi connectivity index (χ0n) is 12.2. The molecule has 7 nitrogen and oxygen atoms in total. The molecule has 2 unspecified atom stereocenters. The van der Waals surface area contributed by atoms with E-state index >= 15 is 0 Å². The van der Waals surface area contributed by atoms with Crippen molar-refractivity contribution in [2.45, 2.75) is 12.5 Å². The van der Waals surface area contributed by atoms with E-state index in [9.17, 15) is 14.4 Å². The number of anilines is 1. The number of nitrogens with zero attached hydrogens (tertiary/aromatic N) is 2. The summed E-state index contributed by atoms with van der Waals surface area (Å²) in [6.07, 6.45) is 0.683. The van der Waals surface area contributed by atoms with E-state index in [-0.39, 0.29) is 31.3 Å². The summed E-state index contributed by atoms with van der Waals surface area (Å²) in [5.74, 6) is -1.12. The van der Waals surface area contributed by atoms with Gasteiger partial charge in [-0.25, -0.2) is 0 Å². The molecule has 1 aliphatic rings. The highest BCUT2D eigenvalue weighted by molar-refractivity contribution is 6.30. The van der Waals surface area contributed by atoms with Gasteiger partial charge in [0.2, 0.25) is 18.2 Å². The lowest BCUT2D eigenvalue weighted by Gasteiger charge is -2.19. The van der Waals surface area contributed by atoms with E-state index in [0.717, 1.165) is 0 Å². The Morgan fingerprint density at radius 2 is 2.09 bits per heavy atom. The highest BCUT2D eigenvalue weighted by atomic mass is 35.5. The molecule has 1 aliphatic heterocycles. The molecule has 0 aromatic heterocycles. The zero-order valence-corrected chi connectivity index (χ0v) is 12.9. The third kappa shape index (κ3) is 4.20. The Labute approximate surface area is 138 Å². The quantitative estimate of drug-likeness (QED) is 0.776. The van der Waals surface area contributed by atoms with Gasteiger partial charge in [-0.1, -0.05) is 11.6 Å². The smallest absolute Gasteiger partial charge is 0.243 e. The fraction of sp³-hybridized carbons (Fsp3) is 0.333. The predicted molar refractivity (Wildman–Crippen MR) is 83.4 cm³/mol. The molecule has 0 aliphatic carbocycles. The number of benzene rings is 1. The molecule has 1 saturated heterocycles. The second-order valence-corrected chi connectivity index (χ2v) is 5.55. The first-order chi connectivity index (χ1) is 11.0. The summed E-state index contributed by atoms with van der Waals surface area (Å²) >= 11 is 5.79. The maximum atomic E-state index is 12.3. The second kappa shape index (κ2) is 7.61. The van der Waals surface area contributed by atoms with Crippen LogP contribution in [0.4, 0.5) is 5.69 Å². The van der Waals surface area contributed by atoms with E-state index in [4.69, 9.17) is 16.9 Å². The number of likely N-dealkylation sites (tertiary alicyclic amines) is 1. The number of rotatable bonds is 5. The van der Waals surface area contributed by atoms with E-state index in [1.165, 1.54) is 4.90 Å². The predicted octanol–water partition coefficient (Wildman–Crippen LogP) is 0.765. The Morgan fingerprint density at radius 1 is 1.39 bits per heavy atom. The Hall–Kier alpha value is -2.59. The first-order valence-corrected chi connectivity index (χ1v) is 7.35. The molecule has 0 spiro atoms. The first-order valence-electron chi connectivity index (χ1n) is 6.97. The van der Waals surface area contributed by atoms with Crippen LogP contribution in [0, 0.1) is 17.2 Å². The van der Waals surface area contributed by atoms with Gasteiger partial charge in [0.1, 0.15) is 6.04 Å². The van der Waals surface area contributed by atoms with Gasteiger partial charge in [-0.3, -0.25) is 14.4 Å². The highest BCUT2D eigenvalue weighted by Crippen LogP contribution is 2.24. The normalized spacial score (nSPS) is 19.7. The van der Waals surface area contributed by atoms with Crippen LogP contribution >= 0.6 is 11.6 Å². The maximum Gasteiger partial charge on any atom is 0.243 e. The minimum absolute atomic E-state index is 0.150. The number of halogens is 1. The van der Waals surface area contributed by atoms with Crippen LogP contribution in [0.5, 0.6) is 0 Å². The summed E-state index contributed by atoms with van der Waals surface area (Å²) in [7, 11) is 0. The molecule has 0 radical (unpaired) electrons. The van der Waals surface area contributed by atoms with Gasteiger partial charge in [0.05, 0.1) is 18.5 Å². The van der Waals surface area contributed by atoms with Crippen LogP contribution in [0.2, 0.25) is 5.02 Å². The largest absolute Gasteiger partial charge is 0.350 e. The molecule has 1 aromatic rings. The Kier molecular flexibility index (Phi) is 5.55. The lowest BCUT2D eigenvalue weighted by molar-refractivity contribution is -0.131. The summed E-state index contributed by atoms with van der Waals surface area (Å²) < 4.78 is 0. The van der Waals surface area contributed by atoms with E-state index in [1.807, 2.05) is 6.07 Å². The lowest BCUT2D eigenvalue weighted by atomic mass is 10.1. The van der Waals surface area contributed by atoms with Gasteiger partial charge in [-0.2, -0.15) is 5.26 Å². The maximum absolute atomic E-state index is 12.3. The molecule has 0 bridgehead atoms. The first kappa shape index (κ1) is 16.8. The van der Waals surface area contributed by atoms with Crippen molar-refractivity contribution in [3.8, 4) is 6.07 Å². The molecule has 2 N–H and O–H groups in total. The van der Waals surface area contributed by atoms with Crippen molar-refractivity contribution >= 4 is 35.5 Å². The molecule has 2 rings (SSSR count). The lowest BCUT2D eigenvalue weighted by Crippen LogP contribution is -2.41. The van der Waals surface area contributed by atoms with Crippen LogP contribution in [-0.2, 0) is 14.4 Å². The molecule has 8 heteroatoms. The number of carbonyl (C=O) groups is 3. The summed E-state index contributed by atoms with van der Waals surface area (Å²) in [5, 5.41) is 14.7. The van der Waals surface area contributed by atoms with Crippen LogP contribution in [0.1, 0.15) is 6.42 Å². The highest BCUT2D eigenvalue weighted by Gasteiger charge is 2.38. The summed E-state index contributed by atoms with van der Waals surface area (Å²) in [5.41, 5.74) is 0.598. The minimum Gasteiger partial charge on any atom is -0.350 e. The third-order valence-corrected chi connectivity index (χ3v) is 3.84. The van der Waals surface area contributed by atoms with Crippen LogP contribution < -0.4 is 10.6 Å². The standard InChI is InChI=1S/C15H15ClN4O3/c16-11-1-3-12(4-2-11)19-15(23)10-5-13(6-17)20(8-10)14(22)7-18-9-21/h1-4,9-10,13H,5,7-8H2,(H,18,21)(H,19,23). The number of amides is 3. The van der Waals surface area contributed by atoms with E-state index in [1.54, 1.807) is 24.3 Å². The van der Waals surface area contributed by atoms with Crippen LogP contribution in [-0.4, -0.2) is 42.3 Å². The van der Waals surface area contributed by atoms with Gasteiger partial charge in [0, 0.05) is 17.3 Å². The molecule has 1 heterocycles. The summed E-state index contributed by atoms with van der Waals surface area (Å²) in [4.78, 5) is 35.8. The fourth-order valence-electron chi connectivity index (χ4n) is 2.43. The monoisotopic (exact) mass is 334 g/mol. The topological polar surface area (TPSA) is 102 Å². The summed E-state index contributed by atoms with van der Waals surface area (Å²) in [6.45, 7) is -0.0375. The molecule has 1 fully saturated rings. The molecule has 23 heavy (non-hydrogen) atoms. The van der Waals surface area contributed by atoms with Gasteiger partial charge >= 0.3 is 0 Å². The van der Waals surface area contributed by atoms with Crippen molar-refractivity contribution in [1.29, 1.82) is 5.26 Å². The molecular weight excluding hydrogens is 320 g/mol. The molecule has 120 valence electrons. The van der Waals surface area contributed by atoms with Gasteiger partial charge in [0.25, 0.3) is 0 Å². The fourth-order valence-corrected chi connectivity index (χ4v) is 2.56. The number of nitriles is 1. The van der Waals surface area contributed by atoms with Crippen molar-refractivity contribution < 1.29 is 14.4 Å². The van der Waals surface area contributed by atoms with E-state index in [2.05, 4.69) is 10.6 Å². The Morgan fingerprint density at radius 3 is 2.70 bits per heavy atom. The average molecular weight is 335 g/mol. The SMILES string of the molecule is N#CC1CC(C(=O)Nc2ccc(Cl)cc2)CN1C(=O)CNC=O. The van der Waals surface area contributed by atoms with E-state index < -0.39 is 12.0 Å². The Bertz CT molecular complexity index is 641. The van der Waals surface area contributed by atoms with Crippen molar-refractivity contribution in [3.63, 3.8) is 0 Å². The summed E-state index contributed by atoms with van der Waals surface area (Å²) in [6, 6.07) is 8.01. The van der Waals surface area contributed by atoms with Crippen LogP contribution in [0.25, 0.3) is 0 Å². The van der Waals surface area contributed by atoms with Crippen molar-refractivity contribution in [2.75, 3.05) is 18.4 Å². The van der Waals surface area contributed by atoms with Gasteiger partial charge < -0.3 is 15.5 Å². The van der Waals surface area contributed by atoms with Gasteiger partial charge in [-0.15, -0.1) is 0 Å². The van der Waals surface area contributed by atoms with Crippen molar-refractivity contribution in [1.82, 2.24) is 10.2 Å². The molecule has 1 aromatic carbocycles. The van der Waals surface area contributed by atoms with Gasteiger partial charge in [-0.05, 0) is 30.7 Å². The van der Waals surface area contributed by atoms with Crippen molar-refractivity contribution in [3.05, 3.63) is 29.3 Å². The minimum atomic E-state index is -0.670. The molecule has 0 saturated carbocycles. The van der Waals surface area contributed by atoms with Crippen LogP contribution in [0.15, 0.2) is 24.3 Å². The Balaban J connectivity index is 1.99. The number of hydrogen-bond donors (Lipinski definition) is 2. The van der Waals surface area contributed by atoms with Gasteiger partial charge in [0.15, 0.2) is 0 Å². The third-order valence-electron chi connectivity index (χ3n) is 3.59. The number of hydrogen-bond acceptors (Lipinski definition) is 4. The second-order valence-electron chi connectivity index (χ2n) is 5.12. The number of carbonyl (C=O) groups excluding carboxylic acids is 3. The molecule has 2 atom stereocenters. The zero-order chi connectivity index (χ0) is 16.8. The van der Waals surface area contributed by atoms with Crippen molar-refractivity contribution in [2.24, 2.45) is 5.92 Å². The number of nitrogens with one attached hydrogen (secondary N) is 2.